The van der Waals surface area contributed by atoms with E-state index in [2.05, 4.69) is 0 Å². The number of thioether (sulfide) groups is 1. The molecule has 3 aromatic carbocycles. The first kappa shape index (κ1) is 26.0. The van der Waals surface area contributed by atoms with Crippen LogP contribution in [0.3, 0.4) is 0 Å². The van der Waals surface area contributed by atoms with E-state index in [0.29, 0.717) is 27.9 Å². The predicted molar refractivity (Wildman–Crippen MR) is 137 cm³/mol. The number of nitrogens with zero attached hydrogens (tertiary/aromatic N) is 1. The molecule has 1 saturated heterocycles. The molecule has 1 heterocycles. The summed E-state index contributed by atoms with van der Waals surface area (Å²) in [6.45, 7) is -0.129. The Bertz CT molecular complexity index is 1430. The minimum absolute atomic E-state index is 0.0318. The number of imide groups is 1. The number of carbonyl (C=O) groups excluding carboxylic acids is 3. The molecular formula is C25H15Cl3FNO5S. The summed E-state index contributed by atoms with van der Waals surface area (Å²) in [5.74, 6) is -1.62. The molecule has 0 radical (unpaired) electrons. The first-order valence-corrected chi connectivity index (χ1v) is 12.2. The lowest BCUT2D eigenvalue weighted by molar-refractivity contribution is -0.123. The van der Waals surface area contributed by atoms with Crippen molar-refractivity contribution >= 4 is 69.8 Å². The van der Waals surface area contributed by atoms with Crippen molar-refractivity contribution in [2.75, 3.05) is 7.11 Å². The van der Waals surface area contributed by atoms with Gasteiger partial charge in [-0.25, -0.2) is 9.18 Å². The highest BCUT2D eigenvalue weighted by molar-refractivity contribution is 8.18. The highest BCUT2D eigenvalue weighted by Gasteiger charge is 2.35. The van der Waals surface area contributed by atoms with Crippen molar-refractivity contribution in [3.8, 4) is 11.5 Å². The molecule has 2 amide bonds. The number of ether oxygens (including phenoxy) is 2. The van der Waals surface area contributed by atoms with Crippen LogP contribution in [-0.2, 0) is 11.3 Å². The van der Waals surface area contributed by atoms with E-state index in [9.17, 15) is 18.8 Å². The number of rotatable bonds is 6. The summed E-state index contributed by atoms with van der Waals surface area (Å²) in [5, 5.41) is 0.0265. The molecule has 184 valence electrons. The number of hydrogen-bond donors (Lipinski definition) is 0. The van der Waals surface area contributed by atoms with Crippen LogP contribution < -0.4 is 9.47 Å². The third kappa shape index (κ3) is 5.52. The van der Waals surface area contributed by atoms with Gasteiger partial charge in [0.15, 0.2) is 11.5 Å². The van der Waals surface area contributed by atoms with Gasteiger partial charge in [-0.3, -0.25) is 14.5 Å². The normalized spacial score (nSPS) is 14.5. The number of hydrogen-bond acceptors (Lipinski definition) is 6. The quantitative estimate of drug-likeness (QED) is 0.178. The maximum Gasteiger partial charge on any atom is 0.345 e. The van der Waals surface area contributed by atoms with E-state index in [1.54, 1.807) is 18.2 Å². The second-order valence-electron chi connectivity index (χ2n) is 7.40. The Morgan fingerprint density at radius 2 is 1.83 bits per heavy atom. The standard InChI is InChI=1S/C25H15Cl3FNO5S/c1-34-20-4-2-3-13(22(20)35-24(32)17-8-6-15(26)10-19(17)28)9-21-23(31)30(25(33)36-21)12-14-5-7-16(29)11-18(14)27/h2-11H,12H2,1H3/b21-9-. The Kier molecular flexibility index (Phi) is 7.90. The van der Waals surface area contributed by atoms with E-state index in [-0.39, 0.29) is 38.6 Å². The highest BCUT2D eigenvalue weighted by atomic mass is 35.5. The van der Waals surface area contributed by atoms with Gasteiger partial charge in [0.25, 0.3) is 11.1 Å². The summed E-state index contributed by atoms with van der Waals surface area (Å²) < 4.78 is 24.3. The van der Waals surface area contributed by atoms with Crippen molar-refractivity contribution in [3.05, 3.63) is 97.1 Å². The fraction of sp³-hybridized carbons (Fsp3) is 0.0800. The van der Waals surface area contributed by atoms with E-state index in [4.69, 9.17) is 44.3 Å². The zero-order valence-corrected chi connectivity index (χ0v) is 21.5. The molecule has 0 aliphatic carbocycles. The molecule has 11 heteroatoms. The average molecular weight is 567 g/mol. The molecule has 0 atom stereocenters. The lowest BCUT2D eigenvalue weighted by Crippen LogP contribution is -2.27. The van der Waals surface area contributed by atoms with Crippen LogP contribution in [0.2, 0.25) is 15.1 Å². The number of halogens is 4. The van der Waals surface area contributed by atoms with Crippen molar-refractivity contribution in [1.29, 1.82) is 0 Å². The summed E-state index contributed by atoms with van der Waals surface area (Å²) in [7, 11) is 1.39. The molecule has 1 fully saturated rings. The van der Waals surface area contributed by atoms with Gasteiger partial charge < -0.3 is 9.47 Å². The van der Waals surface area contributed by atoms with E-state index < -0.39 is 22.9 Å². The lowest BCUT2D eigenvalue weighted by Gasteiger charge is -2.14. The molecule has 36 heavy (non-hydrogen) atoms. The second-order valence-corrected chi connectivity index (χ2v) is 9.64. The fourth-order valence-electron chi connectivity index (χ4n) is 3.32. The predicted octanol–water partition coefficient (Wildman–Crippen LogP) is 7.25. The van der Waals surface area contributed by atoms with Crippen LogP contribution in [0.15, 0.2) is 59.5 Å². The number of amides is 2. The van der Waals surface area contributed by atoms with Crippen LogP contribution in [0.25, 0.3) is 6.08 Å². The first-order chi connectivity index (χ1) is 17.2. The topological polar surface area (TPSA) is 72.9 Å². The molecule has 0 N–H and O–H groups in total. The number of methoxy groups -OCH3 is 1. The minimum atomic E-state index is -0.769. The summed E-state index contributed by atoms with van der Waals surface area (Å²) in [5.41, 5.74) is 0.810. The molecule has 0 spiro atoms. The van der Waals surface area contributed by atoms with Gasteiger partial charge in [0.05, 0.1) is 29.1 Å². The Labute approximate surface area is 224 Å². The van der Waals surface area contributed by atoms with Gasteiger partial charge in [-0.2, -0.15) is 0 Å². The summed E-state index contributed by atoms with van der Waals surface area (Å²) in [4.78, 5) is 39.5. The fourth-order valence-corrected chi connectivity index (χ4v) is 4.86. The van der Waals surface area contributed by atoms with Crippen LogP contribution in [0.1, 0.15) is 21.5 Å². The zero-order chi connectivity index (χ0) is 26.0. The summed E-state index contributed by atoms with van der Waals surface area (Å²) in [6, 6.07) is 12.9. The Morgan fingerprint density at radius 3 is 2.53 bits per heavy atom. The Morgan fingerprint density at radius 1 is 1.06 bits per heavy atom. The highest BCUT2D eigenvalue weighted by Crippen LogP contribution is 2.39. The number of benzene rings is 3. The second kappa shape index (κ2) is 10.9. The minimum Gasteiger partial charge on any atom is -0.493 e. The van der Waals surface area contributed by atoms with Crippen LogP contribution in [-0.4, -0.2) is 29.1 Å². The van der Waals surface area contributed by atoms with Gasteiger partial charge in [-0.1, -0.05) is 53.0 Å². The van der Waals surface area contributed by atoms with Gasteiger partial charge in [-0.15, -0.1) is 0 Å². The van der Waals surface area contributed by atoms with Crippen molar-refractivity contribution in [3.63, 3.8) is 0 Å². The molecule has 3 aromatic rings. The van der Waals surface area contributed by atoms with E-state index in [1.165, 1.54) is 43.5 Å². The third-order valence-corrected chi connectivity index (χ3v) is 6.89. The molecule has 0 aromatic heterocycles. The molecule has 6 nitrogen and oxygen atoms in total. The van der Waals surface area contributed by atoms with Crippen LogP contribution in [0.5, 0.6) is 11.5 Å². The lowest BCUT2D eigenvalue weighted by atomic mass is 10.1. The average Bonchev–Trinajstić information content (AvgIpc) is 3.08. The molecule has 0 saturated carbocycles. The van der Waals surface area contributed by atoms with E-state index in [0.717, 1.165) is 11.0 Å². The zero-order valence-electron chi connectivity index (χ0n) is 18.4. The molecule has 0 bridgehead atoms. The van der Waals surface area contributed by atoms with Gasteiger partial charge >= 0.3 is 5.97 Å². The van der Waals surface area contributed by atoms with Crippen LogP contribution >= 0.6 is 46.6 Å². The largest absolute Gasteiger partial charge is 0.493 e. The van der Waals surface area contributed by atoms with Crippen molar-refractivity contribution in [1.82, 2.24) is 4.90 Å². The maximum absolute atomic E-state index is 13.4. The Hall–Kier alpha value is -3.04. The smallest absolute Gasteiger partial charge is 0.345 e. The molecule has 1 aliphatic heterocycles. The van der Waals surface area contributed by atoms with Crippen LogP contribution in [0, 0.1) is 5.82 Å². The third-order valence-electron chi connectivity index (χ3n) is 5.08. The number of esters is 1. The van der Waals surface area contributed by atoms with Gasteiger partial charge in [0.2, 0.25) is 0 Å². The maximum atomic E-state index is 13.4. The van der Waals surface area contributed by atoms with Gasteiger partial charge in [0, 0.05) is 15.6 Å². The van der Waals surface area contributed by atoms with E-state index >= 15 is 0 Å². The summed E-state index contributed by atoms with van der Waals surface area (Å²) >= 11 is 18.8. The SMILES string of the molecule is COc1cccc(/C=C2\SC(=O)N(Cc3ccc(F)cc3Cl)C2=O)c1OC(=O)c1ccc(Cl)cc1Cl. The summed E-state index contributed by atoms with van der Waals surface area (Å²) in [6.07, 6.45) is 1.42. The first-order valence-electron chi connectivity index (χ1n) is 10.2. The number of carbonyl (C=O) groups is 3. The van der Waals surface area contributed by atoms with Crippen LogP contribution in [0.4, 0.5) is 9.18 Å². The molecule has 0 unspecified atom stereocenters. The van der Waals surface area contributed by atoms with Gasteiger partial charge in [-0.05, 0) is 59.8 Å². The molecule has 1 aliphatic rings. The van der Waals surface area contributed by atoms with Crippen molar-refractivity contribution in [2.24, 2.45) is 0 Å². The molecular weight excluding hydrogens is 552 g/mol. The van der Waals surface area contributed by atoms with E-state index in [1.807, 2.05) is 0 Å². The monoisotopic (exact) mass is 565 g/mol. The van der Waals surface area contributed by atoms with Gasteiger partial charge in [0.1, 0.15) is 5.82 Å². The number of para-hydroxylation sites is 1. The molecule has 4 rings (SSSR count). The Balaban J connectivity index is 1.64. The van der Waals surface area contributed by atoms with Crippen molar-refractivity contribution < 1.29 is 28.2 Å². The van der Waals surface area contributed by atoms with Crippen molar-refractivity contribution in [2.45, 2.75) is 6.54 Å².